The van der Waals surface area contributed by atoms with Crippen LogP contribution in [0.2, 0.25) is 10.0 Å². The number of hydrogen-bond acceptors (Lipinski definition) is 4. The minimum Gasteiger partial charge on any atom is -0.482 e. The molecule has 0 aliphatic rings. The van der Waals surface area contributed by atoms with Crippen LogP contribution in [0.3, 0.4) is 0 Å². The van der Waals surface area contributed by atoms with Crippen LogP contribution in [0, 0.1) is 0 Å². The van der Waals surface area contributed by atoms with Crippen molar-refractivity contribution in [2.24, 2.45) is 0 Å². The largest absolute Gasteiger partial charge is 0.482 e. The van der Waals surface area contributed by atoms with E-state index < -0.39 is 5.97 Å². The average molecular weight is 444 g/mol. The Morgan fingerprint density at radius 1 is 1.03 bits per heavy atom. The molecule has 0 fully saturated rings. The molecule has 1 heterocycles. The topological polar surface area (TPSA) is 59.4 Å². The number of hydrogen-bond donors (Lipinski definition) is 1. The molecular formula is C22H15Cl2NO3S. The van der Waals surface area contributed by atoms with Crippen LogP contribution in [0.15, 0.2) is 60.0 Å². The smallest absolute Gasteiger partial charge is 0.341 e. The second-order valence-electron chi connectivity index (χ2n) is 6.41. The van der Waals surface area contributed by atoms with Crippen molar-refractivity contribution < 1.29 is 14.6 Å². The van der Waals surface area contributed by atoms with Crippen molar-refractivity contribution in [3.05, 3.63) is 80.6 Å². The van der Waals surface area contributed by atoms with Gasteiger partial charge in [-0.3, -0.25) is 0 Å². The Balaban J connectivity index is 1.57. The molecule has 0 spiro atoms. The second kappa shape index (κ2) is 8.41. The third-order valence-corrected chi connectivity index (χ3v) is 5.97. The summed E-state index contributed by atoms with van der Waals surface area (Å²) in [6.07, 6.45) is 0.584. The van der Waals surface area contributed by atoms with Gasteiger partial charge in [0, 0.05) is 27.4 Å². The molecule has 0 unspecified atom stereocenters. The molecule has 0 radical (unpaired) electrons. The second-order valence-corrected chi connectivity index (χ2v) is 8.17. The number of aromatic nitrogens is 1. The van der Waals surface area contributed by atoms with Crippen LogP contribution in [-0.2, 0) is 11.2 Å². The molecule has 0 saturated carbocycles. The average Bonchev–Trinajstić information content (AvgIpc) is 3.17. The van der Waals surface area contributed by atoms with Crippen molar-refractivity contribution in [2.45, 2.75) is 6.42 Å². The number of carboxylic acid groups (broad SMARTS) is 1. The van der Waals surface area contributed by atoms with E-state index in [2.05, 4.69) is 6.07 Å². The van der Waals surface area contributed by atoms with Crippen LogP contribution in [0.1, 0.15) is 10.6 Å². The maximum Gasteiger partial charge on any atom is 0.341 e. The molecule has 0 aliphatic carbocycles. The first kappa shape index (κ1) is 19.7. The Morgan fingerprint density at radius 2 is 1.76 bits per heavy atom. The highest BCUT2D eigenvalue weighted by Gasteiger charge is 2.11. The summed E-state index contributed by atoms with van der Waals surface area (Å²) in [5.41, 5.74) is 2.77. The number of halogens is 2. The van der Waals surface area contributed by atoms with E-state index in [1.807, 2.05) is 47.8 Å². The van der Waals surface area contributed by atoms with Gasteiger partial charge in [0.25, 0.3) is 0 Å². The Bertz CT molecular complexity index is 1190. The lowest BCUT2D eigenvalue weighted by Gasteiger charge is -2.06. The predicted octanol–water partition coefficient (Wildman–Crippen LogP) is 6.32. The Hall–Kier alpha value is -2.60. The highest BCUT2D eigenvalue weighted by molar-refractivity contribution is 7.10. The van der Waals surface area contributed by atoms with Crippen LogP contribution >= 0.6 is 34.5 Å². The van der Waals surface area contributed by atoms with Crippen molar-refractivity contribution in [2.75, 3.05) is 6.61 Å². The maximum atomic E-state index is 10.6. The molecule has 29 heavy (non-hydrogen) atoms. The van der Waals surface area contributed by atoms with Crippen LogP contribution < -0.4 is 4.74 Å². The van der Waals surface area contributed by atoms with Gasteiger partial charge < -0.3 is 9.84 Å². The zero-order valence-electron chi connectivity index (χ0n) is 15.1. The molecule has 146 valence electrons. The highest BCUT2D eigenvalue weighted by atomic mass is 35.5. The van der Waals surface area contributed by atoms with E-state index >= 15 is 0 Å². The summed E-state index contributed by atoms with van der Waals surface area (Å²) < 4.78 is 5.24. The van der Waals surface area contributed by atoms with Gasteiger partial charge in [-0.05, 0) is 46.7 Å². The van der Waals surface area contributed by atoms with Crippen molar-refractivity contribution >= 4 is 51.3 Å². The number of benzene rings is 3. The van der Waals surface area contributed by atoms with Gasteiger partial charge in [-0.15, -0.1) is 11.3 Å². The monoisotopic (exact) mass is 443 g/mol. The molecule has 4 nitrogen and oxygen atoms in total. The molecule has 1 N–H and O–H groups in total. The van der Waals surface area contributed by atoms with Crippen molar-refractivity contribution in [3.8, 4) is 17.0 Å². The minimum atomic E-state index is -1.00. The summed E-state index contributed by atoms with van der Waals surface area (Å²) in [4.78, 5) is 15.4. The number of fused-ring (bicyclic) bond motifs is 1. The van der Waals surface area contributed by atoms with E-state index in [0.717, 1.165) is 32.6 Å². The van der Waals surface area contributed by atoms with Gasteiger partial charge in [0.2, 0.25) is 0 Å². The van der Waals surface area contributed by atoms with E-state index in [-0.39, 0.29) is 6.61 Å². The Kier molecular flexibility index (Phi) is 5.72. The molecule has 0 bridgehead atoms. The number of carboxylic acids is 1. The van der Waals surface area contributed by atoms with Gasteiger partial charge in [0.15, 0.2) is 6.61 Å². The third-order valence-electron chi connectivity index (χ3n) is 4.41. The Morgan fingerprint density at radius 3 is 2.52 bits per heavy atom. The predicted molar refractivity (Wildman–Crippen MR) is 117 cm³/mol. The van der Waals surface area contributed by atoms with E-state index in [1.54, 1.807) is 17.4 Å². The van der Waals surface area contributed by atoms with Gasteiger partial charge in [0.05, 0.1) is 10.7 Å². The molecule has 0 atom stereocenters. The van der Waals surface area contributed by atoms with Gasteiger partial charge >= 0.3 is 5.97 Å². The van der Waals surface area contributed by atoms with Gasteiger partial charge in [-0.2, -0.15) is 0 Å². The van der Waals surface area contributed by atoms with Gasteiger partial charge in [-0.1, -0.05) is 47.5 Å². The first-order valence-electron chi connectivity index (χ1n) is 8.75. The molecule has 0 amide bonds. The van der Waals surface area contributed by atoms with Gasteiger partial charge in [0.1, 0.15) is 5.75 Å². The first-order valence-corrected chi connectivity index (χ1v) is 10.4. The summed E-state index contributed by atoms with van der Waals surface area (Å²) in [6.45, 7) is -0.360. The fourth-order valence-electron chi connectivity index (χ4n) is 3.00. The standard InChI is InChI=1S/C22H15Cl2NO3S/c23-18-2-1-3-19(24)17(18)10-21-25-20(12-29-21)15-5-4-14-9-16(28-11-22(26)27)7-6-13(14)8-15/h1-9,12H,10-11H2,(H,26,27). The lowest BCUT2D eigenvalue weighted by molar-refractivity contribution is -0.139. The summed E-state index contributed by atoms with van der Waals surface area (Å²) in [5.74, 6) is -0.474. The molecule has 7 heteroatoms. The molecule has 0 aliphatic heterocycles. The van der Waals surface area contributed by atoms with E-state index in [4.69, 9.17) is 38.0 Å². The number of aliphatic carboxylic acids is 1. The van der Waals surface area contributed by atoms with E-state index in [0.29, 0.717) is 22.2 Å². The Labute approximate surface area is 181 Å². The summed E-state index contributed by atoms with van der Waals surface area (Å²) >= 11 is 14.1. The van der Waals surface area contributed by atoms with E-state index in [9.17, 15) is 4.79 Å². The van der Waals surface area contributed by atoms with Crippen LogP contribution in [0.4, 0.5) is 0 Å². The van der Waals surface area contributed by atoms with Crippen LogP contribution in [0.5, 0.6) is 5.75 Å². The fraction of sp³-hybridized carbons (Fsp3) is 0.0909. The number of rotatable bonds is 6. The zero-order valence-corrected chi connectivity index (χ0v) is 17.4. The number of ether oxygens (including phenoxy) is 1. The van der Waals surface area contributed by atoms with Crippen molar-refractivity contribution in [1.82, 2.24) is 4.98 Å². The quantitative estimate of drug-likeness (QED) is 0.378. The zero-order chi connectivity index (χ0) is 20.4. The minimum absolute atomic E-state index is 0.360. The SMILES string of the molecule is O=C(O)COc1ccc2cc(-c3csc(Cc4c(Cl)cccc4Cl)n3)ccc2c1. The lowest BCUT2D eigenvalue weighted by atomic mass is 10.1. The molecule has 0 saturated heterocycles. The summed E-state index contributed by atoms with van der Waals surface area (Å²) in [7, 11) is 0. The third kappa shape index (κ3) is 4.53. The van der Waals surface area contributed by atoms with Crippen molar-refractivity contribution in [1.29, 1.82) is 0 Å². The van der Waals surface area contributed by atoms with Crippen LogP contribution in [-0.4, -0.2) is 22.7 Å². The lowest BCUT2D eigenvalue weighted by Crippen LogP contribution is -2.09. The summed E-state index contributed by atoms with van der Waals surface area (Å²) in [5, 5.41) is 15.0. The number of nitrogens with zero attached hydrogens (tertiary/aromatic N) is 1. The first-order chi connectivity index (χ1) is 14.0. The normalized spacial score (nSPS) is 11.0. The van der Waals surface area contributed by atoms with Crippen LogP contribution in [0.25, 0.3) is 22.0 Å². The fourth-order valence-corrected chi connectivity index (χ4v) is 4.34. The molecular weight excluding hydrogens is 429 g/mol. The van der Waals surface area contributed by atoms with Crippen molar-refractivity contribution in [3.63, 3.8) is 0 Å². The number of carbonyl (C=O) groups is 1. The molecule has 4 rings (SSSR count). The summed E-state index contributed by atoms with van der Waals surface area (Å²) in [6, 6.07) is 17.0. The highest BCUT2D eigenvalue weighted by Crippen LogP contribution is 2.31. The molecule has 1 aromatic heterocycles. The number of thiazole rings is 1. The maximum absolute atomic E-state index is 10.6. The molecule has 4 aromatic rings. The molecule has 3 aromatic carbocycles. The van der Waals surface area contributed by atoms with Gasteiger partial charge in [-0.25, -0.2) is 9.78 Å². The van der Waals surface area contributed by atoms with E-state index in [1.165, 1.54) is 0 Å².